The van der Waals surface area contributed by atoms with Gasteiger partial charge in [0.1, 0.15) is 13.2 Å². The number of esters is 2. The molecule has 0 amide bonds. The zero-order valence-electron chi connectivity index (χ0n) is 13.5. The number of hydrogen-bond acceptors (Lipinski definition) is 5. The van der Waals surface area contributed by atoms with E-state index in [-0.39, 0.29) is 13.2 Å². The molecule has 0 spiro atoms. The van der Waals surface area contributed by atoms with Crippen molar-refractivity contribution in [3.8, 4) is 0 Å². The third-order valence-electron chi connectivity index (χ3n) is 3.08. The van der Waals surface area contributed by atoms with Crippen LogP contribution < -0.4 is 5.32 Å². The summed E-state index contributed by atoms with van der Waals surface area (Å²) in [6.45, 7) is 5.03. The summed E-state index contributed by atoms with van der Waals surface area (Å²) in [7, 11) is 0. The number of para-hydroxylation sites is 1. The lowest BCUT2D eigenvalue weighted by Crippen LogP contribution is -2.14. The van der Waals surface area contributed by atoms with E-state index in [2.05, 4.69) is 11.9 Å². The molecule has 0 unspecified atom stereocenters. The Morgan fingerprint density at radius 1 is 0.917 bits per heavy atom. The van der Waals surface area contributed by atoms with Crippen molar-refractivity contribution in [2.24, 2.45) is 0 Å². The molecule has 0 aliphatic heterocycles. The maximum absolute atomic E-state index is 11.9. The average molecular weight is 325 g/mol. The van der Waals surface area contributed by atoms with Crippen molar-refractivity contribution in [3.63, 3.8) is 0 Å². The summed E-state index contributed by atoms with van der Waals surface area (Å²) >= 11 is 0. The van der Waals surface area contributed by atoms with Crippen LogP contribution in [0, 0.1) is 0 Å². The number of carbonyl (C=O) groups excluding carboxylic acids is 2. The Morgan fingerprint density at radius 3 is 2.12 bits per heavy atom. The van der Waals surface area contributed by atoms with Gasteiger partial charge in [-0.3, -0.25) is 0 Å². The molecule has 0 aliphatic carbocycles. The average Bonchev–Trinajstić information content (AvgIpc) is 2.59. The zero-order chi connectivity index (χ0) is 17.4. The van der Waals surface area contributed by atoms with Crippen LogP contribution in [0.5, 0.6) is 0 Å². The van der Waals surface area contributed by atoms with Crippen molar-refractivity contribution >= 4 is 23.3 Å². The second-order valence-corrected chi connectivity index (χ2v) is 5.12. The molecular weight excluding hydrogens is 306 g/mol. The van der Waals surface area contributed by atoms with Gasteiger partial charge in [0.2, 0.25) is 0 Å². The first kappa shape index (κ1) is 17.3. The number of hydrogen-bond donors (Lipinski definition) is 1. The highest BCUT2D eigenvalue weighted by atomic mass is 16.6. The quantitative estimate of drug-likeness (QED) is 0.478. The van der Waals surface area contributed by atoms with Gasteiger partial charge in [-0.25, -0.2) is 9.59 Å². The SMILES string of the molecule is C=C(C)C(=O)OCCOC(=O)c1ccc(Nc2ccccc2)cc1. The number of carbonyl (C=O) groups is 2. The van der Waals surface area contributed by atoms with E-state index >= 15 is 0 Å². The van der Waals surface area contributed by atoms with Crippen molar-refractivity contribution in [1.29, 1.82) is 0 Å². The van der Waals surface area contributed by atoms with E-state index in [4.69, 9.17) is 9.47 Å². The lowest BCUT2D eigenvalue weighted by molar-refractivity contribution is -0.140. The summed E-state index contributed by atoms with van der Waals surface area (Å²) in [4.78, 5) is 23.1. The zero-order valence-corrected chi connectivity index (χ0v) is 13.5. The summed E-state index contributed by atoms with van der Waals surface area (Å²) in [6.07, 6.45) is 0. The van der Waals surface area contributed by atoms with Gasteiger partial charge in [-0.05, 0) is 43.3 Å². The fourth-order valence-electron chi connectivity index (χ4n) is 1.85. The fraction of sp³-hybridized carbons (Fsp3) is 0.158. The number of rotatable bonds is 7. The second kappa shape index (κ2) is 8.53. The van der Waals surface area contributed by atoms with E-state index in [0.717, 1.165) is 11.4 Å². The van der Waals surface area contributed by atoms with Crippen molar-refractivity contribution in [2.45, 2.75) is 6.92 Å². The third-order valence-corrected chi connectivity index (χ3v) is 3.08. The normalized spacial score (nSPS) is 9.88. The van der Waals surface area contributed by atoms with Gasteiger partial charge in [-0.15, -0.1) is 0 Å². The molecule has 0 atom stereocenters. The van der Waals surface area contributed by atoms with E-state index < -0.39 is 11.9 Å². The van der Waals surface area contributed by atoms with E-state index in [1.165, 1.54) is 0 Å². The summed E-state index contributed by atoms with van der Waals surface area (Å²) in [5.41, 5.74) is 2.57. The lowest BCUT2D eigenvalue weighted by Gasteiger charge is -2.08. The van der Waals surface area contributed by atoms with Crippen molar-refractivity contribution in [2.75, 3.05) is 18.5 Å². The summed E-state index contributed by atoms with van der Waals surface area (Å²) < 4.78 is 9.90. The fourth-order valence-corrected chi connectivity index (χ4v) is 1.85. The molecule has 24 heavy (non-hydrogen) atoms. The molecule has 2 rings (SSSR count). The van der Waals surface area contributed by atoms with Gasteiger partial charge in [-0.1, -0.05) is 24.8 Å². The summed E-state index contributed by atoms with van der Waals surface area (Å²) in [6, 6.07) is 16.7. The van der Waals surface area contributed by atoms with E-state index in [9.17, 15) is 9.59 Å². The Morgan fingerprint density at radius 2 is 1.50 bits per heavy atom. The highest BCUT2D eigenvalue weighted by Crippen LogP contribution is 2.16. The van der Waals surface area contributed by atoms with E-state index in [0.29, 0.717) is 11.1 Å². The third kappa shape index (κ3) is 5.28. The minimum atomic E-state index is -0.498. The van der Waals surface area contributed by atoms with Crippen LogP contribution >= 0.6 is 0 Å². The van der Waals surface area contributed by atoms with Gasteiger partial charge in [0.25, 0.3) is 0 Å². The first-order valence-corrected chi connectivity index (χ1v) is 7.48. The molecule has 5 nitrogen and oxygen atoms in total. The summed E-state index contributed by atoms with van der Waals surface area (Å²) in [5, 5.41) is 3.23. The molecule has 2 aromatic rings. The van der Waals surface area contributed by atoms with Crippen LogP contribution in [0.3, 0.4) is 0 Å². The molecule has 0 heterocycles. The number of nitrogens with one attached hydrogen (secondary N) is 1. The van der Waals surface area contributed by atoms with E-state index in [1.54, 1.807) is 31.2 Å². The van der Waals surface area contributed by atoms with Gasteiger partial charge in [0.15, 0.2) is 0 Å². The Bertz CT molecular complexity index is 708. The van der Waals surface area contributed by atoms with Gasteiger partial charge in [0, 0.05) is 16.9 Å². The largest absolute Gasteiger partial charge is 0.459 e. The molecule has 0 saturated heterocycles. The maximum Gasteiger partial charge on any atom is 0.338 e. The molecule has 0 bridgehead atoms. The number of ether oxygens (including phenoxy) is 2. The van der Waals surface area contributed by atoms with Gasteiger partial charge < -0.3 is 14.8 Å². The van der Waals surface area contributed by atoms with Crippen LogP contribution in [0.15, 0.2) is 66.7 Å². The highest BCUT2D eigenvalue weighted by Gasteiger charge is 2.08. The number of benzene rings is 2. The molecule has 1 N–H and O–H groups in total. The van der Waals surface area contributed by atoms with Crippen LogP contribution in [-0.2, 0) is 14.3 Å². The Kier molecular flexibility index (Phi) is 6.14. The molecular formula is C19H19NO4. The van der Waals surface area contributed by atoms with E-state index in [1.807, 2.05) is 30.3 Å². The number of anilines is 2. The minimum absolute atomic E-state index is 0.00186. The van der Waals surface area contributed by atoms with Crippen LogP contribution in [0.25, 0.3) is 0 Å². The summed E-state index contributed by atoms with van der Waals surface area (Å²) in [5.74, 6) is -0.963. The molecule has 124 valence electrons. The van der Waals surface area contributed by atoms with Crippen molar-refractivity contribution in [1.82, 2.24) is 0 Å². The topological polar surface area (TPSA) is 64.6 Å². The Hall–Kier alpha value is -3.08. The smallest absolute Gasteiger partial charge is 0.338 e. The monoisotopic (exact) mass is 325 g/mol. The van der Waals surface area contributed by atoms with Crippen LogP contribution in [-0.4, -0.2) is 25.2 Å². The predicted octanol–water partition coefficient (Wildman–Crippen LogP) is 3.71. The van der Waals surface area contributed by atoms with Gasteiger partial charge in [0.05, 0.1) is 5.56 Å². The molecule has 0 radical (unpaired) electrons. The maximum atomic E-state index is 11.9. The van der Waals surface area contributed by atoms with Crippen LogP contribution in [0.4, 0.5) is 11.4 Å². The van der Waals surface area contributed by atoms with Gasteiger partial charge in [-0.2, -0.15) is 0 Å². The molecule has 0 aromatic heterocycles. The van der Waals surface area contributed by atoms with Crippen LogP contribution in [0.2, 0.25) is 0 Å². The lowest BCUT2D eigenvalue weighted by atomic mass is 10.2. The molecule has 0 aliphatic rings. The Labute approximate surface area is 140 Å². The van der Waals surface area contributed by atoms with Gasteiger partial charge >= 0.3 is 11.9 Å². The minimum Gasteiger partial charge on any atom is -0.459 e. The Balaban J connectivity index is 1.81. The second-order valence-electron chi connectivity index (χ2n) is 5.12. The van der Waals surface area contributed by atoms with Crippen LogP contribution in [0.1, 0.15) is 17.3 Å². The predicted molar refractivity (Wildman–Crippen MR) is 92.2 cm³/mol. The highest BCUT2D eigenvalue weighted by molar-refractivity contribution is 5.90. The molecule has 5 heteroatoms. The first-order chi connectivity index (χ1) is 11.6. The molecule has 0 fully saturated rings. The standard InChI is InChI=1S/C19H19NO4/c1-14(2)18(21)23-12-13-24-19(22)15-8-10-17(11-9-15)20-16-6-4-3-5-7-16/h3-11,20H,1,12-13H2,2H3. The van der Waals surface area contributed by atoms with Crippen molar-refractivity contribution < 1.29 is 19.1 Å². The molecule has 0 saturated carbocycles. The molecule has 2 aromatic carbocycles. The van der Waals surface area contributed by atoms with Crippen molar-refractivity contribution in [3.05, 3.63) is 72.3 Å². The first-order valence-electron chi connectivity index (χ1n) is 7.48.